The van der Waals surface area contributed by atoms with E-state index in [-0.39, 0.29) is 0 Å². The smallest absolute Gasteiger partial charge is 0.0385 e. The van der Waals surface area contributed by atoms with Crippen LogP contribution in [-0.4, -0.2) is 21.9 Å². The number of pyridine rings is 1. The van der Waals surface area contributed by atoms with Gasteiger partial charge in [0.2, 0.25) is 0 Å². The molecule has 0 fully saturated rings. The molecule has 1 N–H and O–H groups in total. The SMILES string of the molecule is CN(Cc1cccnc1)Cc1ccc[nH]1. The van der Waals surface area contributed by atoms with Crippen LogP contribution < -0.4 is 0 Å². The first kappa shape index (κ1) is 9.93. The molecular weight excluding hydrogens is 186 g/mol. The van der Waals surface area contributed by atoms with Crippen LogP contribution in [0.25, 0.3) is 0 Å². The van der Waals surface area contributed by atoms with Crippen LogP contribution in [0.4, 0.5) is 0 Å². The first-order valence-electron chi connectivity index (χ1n) is 5.04. The summed E-state index contributed by atoms with van der Waals surface area (Å²) in [6.07, 6.45) is 5.66. The second-order valence-corrected chi connectivity index (χ2v) is 3.73. The molecule has 0 bridgehead atoms. The molecule has 0 aromatic carbocycles. The molecule has 2 aromatic heterocycles. The van der Waals surface area contributed by atoms with Gasteiger partial charge in [0.15, 0.2) is 0 Å². The number of hydrogen-bond donors (Lipinski definition) is 1. The van der Waals surface area contributed by atoms with Gasteiger partial charge in [0, 0.05) is 37.4 Å². The molecule has 0 radical (unpaired) electrons. The highest BCUT2D eigenvalue weighted by atomic mass is 15.1. The van der Waals surface area contributed by atoms with Crippen molar-refractivity contribution in [1.82, 2.24) is 14.9 Å². The number of H-pyrrole nitrogens is 1. The van der Waals surface area contributed by atoms with Gasteiger partial charge >= 0.3 is 0 Å². The zero-order valence-electron chi connectivity index (χ0n) is 8.85. The number of rotatable bonds is 4. The molecule has 0 amide bonds. The molecule has 3 nitrogen and oxygen atoms in total. The summed E-state index contributed by atoms with van der Waals surface area (Å²) in [4.78, 5) is 9.55. The van der Waals surface area contributed by atoms with E-state index >= 15 is 0 Å². The highest BCUT2D eigenvalue weighted by Gasteiger charge is 2.01. The van der Waals surface area contributed by atoms with Gasteiger partial charge in [-0.25, -0.2) is 0 Å². The molecule has 0 spiro atoms. The van der Waals surface area contributed by atoms with Gasteiger partial charge in [-0.2, -0.15) is 0 Å². The standard InChI is InChI=1S/C12H15N3/c1-15(10-12-5-3-7-14-12)9-11-4-2-6-13-8-11/h2-8,14H,9-10H2,1H3. The van der Waals surface area contributed by atoms with Gasteiger partial charge in [-0.15, -0.1) is 0 Å². The van der Waals surface area contributed by atoms with E-state index in [1.807, 2.05) is 24.5 Å². The summed E-state index contributed by atoms with van der Waals surface area (Å²) in [6, 6.07) is 8.18. The topological polar surface area (TPSA) is 31.9 Å². The lowest BCUT2D eigenvalue weighted by Gasteiger charge is -2.15. The lowest BCUT2D eigenvalue weighted by molar-refractivity contribution is 0.315. The van der Waals surface area contributed by atoms with Gasteiger partial charge < -0.3 is 4.98 Å². The van der Waals surface area contributed by atoms with Crippen molar-refractivity contribution in [2.24, 2.45) is 0 Å². The number of nitrogens with zero attached hydrogens (tertiary/aromatic N) is 2. The Balaban J connectivity index is 1.90. The van der Waals surface area contributed by atoms with Gasteiger partial charge in [0.1, 0.15) is 0 Å². The Labute approximate surface area is 89.8 Å². The lowest BCUT2D eigenvalue weighted by atomic mass is 10.2. The molecule has 3 heteroatoms. The van der Waals surface area contributed by atoms with Crippen LogP contribution in [-0.2, 0) is 13.1 Å². The van der Waals surface area contributed by atoms with Gasteiger partial charge in [0.05, 0.1) is 0 Å². The van der Waals surface area contributed by atoms with E-state index in [1.165, 1.54) is 11.3 Å². The molecule has 0 unspecified atom stereocenters. The fourth-order valence-corrected chi connectivity index (χ4v) is 1.62. The molecule has 0 atom stereocenters. The minimum absolute atomic E-state index is 0.923. The fourth-order valence-electron chi connectivity index (χ4n) is 1.62. The highest BCUT2D eigenvalue weighted by molar-refractivity contribution is 5.09. The Bertz CT molecular complexity index is 381. The maximum Gasteiger partial charge on any atom is 0.0385 e. The van der Waals surface area contributed by atoms with Crippen LogP contribution in [0, 0.1) is 0 Å². The summed E-state index contributed by atoms with van der Waals surface area (Å²) in [6.45, 7) is 1.86. The molecule has 78 valence electrons. The van der Waals surface area contributed by atoms with Gasteiger partial charge in [-0.3, -0.25) is 9.88 Å². The van der Waals surface area contributed by atoms with Crippen molar-refractivity contribution in [3.8, 4) is 0 Å². The van der Waals surface area contributed by atoms with E-state index in [1.54, 1.807) is 6.20 Å². The molecule has 2 rings (SSSR count). The second kappa shape index (κ2) is 4.75. The highest BCUT2D eigenvalue weighted by Crippen LogP contribution is 2.05. The molecule has 0 saturated carbocycles. The van der Waals surface area contributed by atoms with Crippen molar-refractivity contribution >= 4 is 0 Å². The van der Waals surface area contributed by atoms with Crippen LogP contribution >= 0.6 is 0 Å². The molecule has 0 aliphatic heterocycles. The van der Waals surface area contributed by atoms with Crippen molar-refractivity contribution in [2.75, 3.05) is 7.05 Å². The number of aromatic nitrogens is 2. The van der Waals surface area contributed by atoms with Crippen LogP contribution in [0.3, 0.4) is 0 Å². The van der Waals surface area contributed by atoms with Crippen LogP contribution in [0.5, 0.6) is 0 Å². The Morgan fingerprint density at radius 1 is 1.27 bits per heavy atom. The van der Waals surface area contributed by atoms with E-state index in [4.69, 9.17) is 0 Å². The van der Waals surface area contributed by atoms with E-state index < -0.39 is 0 Å². The zero-order valence-corrected chi connectivity index (χ0v) is 8.85. The summed E-state index contributed by atoms with van der Waals surface area (Å²) >= 11 is 0. The number of hydrogen-bond acceptors (Lipinski definition) is 2. The van der Waals surface area contributed by atoms with Crippen LogP contribution in [0.1, 0.15) is 11.3 Å². The summed E-state index contributed by atoms with van der Waals surface area (Å²) in [5.74, 6) is 0. The average Bonchev–Trinajstić information content (AvgIpc) is 2.71. The molecule has 0 aliphatic rings. The molecule has 2 aromatic rings. The third-order valence-electron chi connectivity index (χ3n) is 2.28. The Hall–Kier alpha value is -1.61. The normalized spacial score (nSPS) is 10.8. The van der Waals surface area contributed by atoms with Crippen molar-refractivity contribution < 1.29 is 0 Å². The van der Waals surface area contributed by atoms with Crippen LogP contribution in [0.2, 0.25) is 0 Å². The zero-order chi connectivity index (χ0) is 10.5. The van der Waals surface area contributed by atoms with Crippen molar-refractivity contribution in [2.45, 2.75) is 13.1 Å². The summed E-state index contributed by atoms with van der Waals surface area (Å²) in [5, 5.41) is 0. The predicted octanol–water partition coefficient (Wildman–Crippen LogP) is 2.04. The molecule has 2 heterocycles. The van der Waals surface area contributed by atoms with E-state index in [2.05, 4.69) is 34.0 Å². The average molecular weight is 201 g/mol. The van der Waals surface area contributed by atoms with E-state index in [0.29, 0.717) is 0 Å². The lowest BCUT2D eigenvalue weighted by Crippen LogP contribution is -2.17. The van der Waals surface area contributed by atoms with Gasteiger partial charge in [0.25, 0.3) is 0 Å². The third-order valence-corrected chi connectivity index (χ3v) is 2.28. The maximum atomic E-state index is 4.10. The van der Waals surface area contributed by atoms with E-state index in [0.717, 1.165) is 13.1 Å². The summed E-state index contributed by atoms with van der Waals surface area (Å²) in [5.41, 5.74) is 2.48. The maximum absolute atomic E-state index is 4.10. The summed E-state index contributed by atoms with van der Waals surface area (Å²) < 4.78 is 0. The Kier molecular flexibility index (Phi) is 3.15. The van der Waals surface area contributed by atoms with Crippen molar-refractivity contribution in [1.29, 1.82) is 0 Å². The number of aromatic amines is 1. The monoisotopic (exact) mass is 201 g/mol. The Morgan fingerprint density at radius 2 is 2.20 bits per heavy atom. The minimum atomic E-state index is 0.923. The van der Waals surface area contributed by atoms with Gasteiger partial charge in [-0.1, -0.05) is 6.07 Å². The first-order valence-corrected chi connectivity index (χ1v) is 5.04. The molecule has 0 aliphatic carbocycles. The number of nitrogens with one attached hydrogen (secondary N) is 1. The van der Waals surface area contributed by atoms with Crippen LogP contribution in [0.15, 0.2) is 42.9 Å². The largest absolute Gasteiger partial charge is 0.364 e. The van der Waals surface area contributed by atoms with E-state index in [9.17, 15) is 0 Å². The second-order valence-electron chi connectivity index (χ2n) is 3.73. The first-order chi connectivity index (χ1) is 7.34. The fraction of sp³-hybridized carbons (Fsp3) is 0.250. The predicted molar refractivity (Wildman–Crippen MR) is 60.2 cm³/mol. The third kappa shape index (κ3) is 2.92. The quantitative estimate of drug-likeness (QED) is 0.821. The van der Waals surface area contributed by atoms with Crippen molar-refractivity contribution in [3.05, 3.63) is 54.1 Å². The summed E-state index contributed by atoms with van der Waals surface area (Å²) in [7, 11) is 2.10. The Morgan fingerprint density at radius 3 is 2.87 bits per heavy atom. The minimum Gasteiger partial charge on any atom is -0.364 e. The van der Waals surface area contributed by atoms with Gasteiger partial charge in [-0.05, 0) is 30.8 Å². The molecule has 0 saturated heterocycles. The molecular formula is C12H15N3. The van der Waals surface area contributed by atoms with Crippen molar-refractivity contribution in [3.63, 3.8) is 0 Å². The molecule has 15 heavy (non-hydrogen) atoms.